The second-order valence-electron chi connectivity index (χ2n) is 7.30. The number of hydrogen-bond donors (Lipinski definition) is 5. The predicted molar refractivity (Wildman–Crippen MR) is 102 cm³/mol. The summed E-state index contributed by atoms with van der Waals surface area (Å²) in [5.41, 5.74) is 0. The summed E-state index contributed by atoms with van der Waals surface area (Å²) in [6, 6.07) is 0. The minimum Gasteiger partial charge on any atom is -0.387 e. The van der Waals surface area contributed by atoms with Gasteiger partial charge in [-0.25, -0.2) is 0 Å². The van der Waals surface area contributed by atoms with E-state index in [1.165, 1.54) is 44.9 Å². The van der Waals surface area contributed by atoms with Gasteiger partial charge in [-0.1, -0.05) is 71.1 Å². The second kappa shape index (κ2) is 16.1. The van der Waals surface area contributed by atoms with Gasteiger partial charge >= 0.3 is 0 Å². The molecule has 27 heavy (non-hydrogen) atoms. The van der Waals surface area contributed by atoms with Crippen molar-refractivity contribution in [3.05, 3.63) is 0 Å². The largest absolute Gasteiger partial charge is 0.387 e. The Hall–Kier alpha value is -0.860. The van der Waals surface area contributed by atoms with Gasteiger partial charge in [0.25, 0.3) is 0 Å². The summed E-state index contributed by atoms with van der Waals surface area (Å²) in [4.78, 5) is 22.2. The lowest BCUT2D eigenvalue weighted by atomic mass is 9.95. The molecule has 0 rings (SSSR count). The van der Waals surface area contributed by atoms with E-state index in [9.17, 15) is 30.0 Å². The van der Waals surface area contributed by atoms with Gasteiger partial charge in [-0.3, -0.25) is 4.79 Å². The molecule has 5 N–H and O–H groups in total. The summed E-state index contributed by atoms with van der Waals surface area (Å²) in [5, 5.41) is 47.7. The highest BCUT2D eigenvalue weighted by Gasteiger charge is 2.36. The zero-order chi connectivity index (χ0) is 20.7. The maximum Gasteiger partial charge on any atom is 0.164 e. The number of carbonyl (C=O) groups excluding carboxylic acids is 2. The summed E-state index contributed by atoms with van der Waals surface area (Å²) in [6.07, 6.45) is 2.78. The molecule has 7 heteroatoms. The van der Waals surface area contributed by atoms with Crippen LogP contribution in [0.25, 0.3) is 0 Å². The second-order valence-corrected chi connectivity index (χ2v) is 7.30. The summed E-state index contributed by atoms with van der Waals surface area (Å²) in [6.45, 7) is 2.20. The Morgan fingerprint density at radius 1 is 0.704 bits per heavy atom. The molecule has 0 saturated carbocycles. The maximum atomic E-state index is 11.9. The zero-order valence-electron chi connectivity index (χ0n) is 16.5. The van der Waals surface area contributed by atoms with Crippen molar-refractivity contribution >= 4 is 12.1 Å². The molecule has 0 aliphatic rings. The molecular formula is C20H38O7. The van der Waals surface area contributed by atoms with Crippen LogP contribution < -0.4 is 0 Å². The van der Waals surface area contributed by atoms with Crippen LogP contribution in [0.4, 0.5) is 0 Å². The average molecular weight is 391 g/mol. The van der Waals surface area contributed by atoms with Gasteiger partial charge in [-0.15, -0.1) is 0 Å². The Bertz CT molecular complexity index is 389. The van der Waals surface area contributed by atoms with Crippen LogP contribution in [-0.2, 0) is 9.59 Å². The molecule has 160 valence electrons. The average Bonchev–Trinajstić information content (AvgIpc) is 2.68. The monoisotopic (exact) mass is 390 g/mol. The van der Waals surface area contributed by atoms with Crippen molar-refractivity contribution in [2.45, 2.75) is 114 Å². The lowest BCUT2D eigenvalue weighted by Crippen LogP contribution is -2.51. The molecule has 1 unspecified atom stereocenters. The lowest BCUT2D eigenvalue weighted by molar-refractivity contribution is -0.154. The third-order valence-electron chi connectivity index (χ3n) is 4.87. The first-order chi connectivity index (χ1) is 12.9. The van der Waals surface area contributed by atoms with E-state index >= 15 is 0 Å². The highest BCUT2D eigenvalue weighted by molar-refractivity contribution is 5.83. The topological polar surface area (TPSA) is 135 Å². The Morgan fingerprint density at radius 2 is 1.15 bits per heavy atom. The molecule has 5 atom stereocenters. The number of ketones is 1. The first-order valence-corrected chi connectivity index (χ1v) is 10.2. The number of aliphatic hydroxyl groups is 5. The fourth-order valence-corrected chi connectivity index (χ4v) is 2.97. The van der Waals surface area contributed by atoms with E-state index < -0.39 is 36.3 Å². The van der Waals surface area contributed by atoms with Crippen molar-refractivity contribution in [3.63, 3.8) is 0 Å². The molecule has 0 aromatic carbocycles. The molecule has 0 bridgehead atoms. The first kappa shape index (κ1) is 26.1. The molecule has 0 heterocycles. The van der Waals surface area contributed by atoms with Crippen LogP contribution >= 0.6 is 0 Å². The van der Waals surface area contributed by atoms with Gasteiger partial charge in [-0.05, 0) is 6.42 Å². The highest BCUT2D eigenvalue weighted by atomic mass is 16.4. The van der Waals surface area contributed by atoms with E-state index in [0.717, 1.165) is 19.3 Å². The standard InChI is InChI=1S/C20H38O7/c1-2-3-4-5-6-7-8-9-10-11-12-13-15(22)17(24)19(26)20(27)18(25)16(23)14-21/h14,16-20,23-27H,2-13H2,1H3/t16-,17?,18+,19+,20-/m0/s1. The van der Waals surface area contributed by atoms with Gasteiger partial charge in [0.15, 0.2) is 12.1 Å². The van der Waals surface area contributed by atoms with E-state index in [1.807, 2.05) is 0 Å². The van der Waals surface area contributed by atoms with Crippen LogP contribution in [0.2, 0.25) is 0 Å². The molecule has 7 nitrogen and oxygen atoms in total. The third-order valence-corrected chi connectivity index (χ3v) is 4.87. The predicted octanol–water partition coefficient (Wildman–Crippen LogP) is 1.26. The number of rotatable bonds is 18. The fourth-order valence-electron chi connectivity index (χ4n) is 2.97. The Labute approximate surface area is 162 Å². The number of aldehydes is 1. The van der Waals surface area contributed by atoms with Crippen molar-refractivity contribution in [2.75, 3.05) is 0 Å². The minimum absolute atomic E-state index is 0.0000152. The number of aliphatic hydroxyl groups excluding tert-OH is 5. The Kier molecular flexibility index (Phi) is 15.6. The van der Waals surface area contributed by atoms with Crippen molar-refractivity contribution in [1.29, 1.82) is 0 Å². The third kappa shape index (κ3) is 11.5. The van der Waals surface area contributed by atoms with Gasteiger partial charge in [0, 0.05) is 6.42 Å². The first-order valence-electron chi connectivity index (χ1n) is 10.2. The van der Waals surface area contributed by atoms with Gasteiger partial charge in [-0.2, -0.15) is 0 Å². The van der Waals surface area contributed by atoms with Gasteiger partial charge in [0.2, 0.25) is 0 Å². The van der Waals surface area contributed by atoms with Crippen LogP contribution in [0.15, 0.2) is 0 Å². The molecule has 0 aromatic rings. The number of hydrogen-bond acceptors (Lipinski definition) is 7. The van der Waals surface area contributed by atoms with Gasteiger partial charge in [0.05, 0.1) is 0 Å². The van der Waals surface area contributed by atoms with Crippen LogP contribution in [0.1, 0.15) is 84.0 Å². The molecule has 0 radical (unpaired) electrons. The van der Waals surface area contributed by atoms with E-state index in [2.05, 4.69) is 6.92 Å². The molecule has 0 aromatic heterocycles. The van der Waals surface area contributed by atoms with Gasteiger partial charge < -0.3 is 30.3 Å². The quantitative estimate of drug-likeness (QED) is 0.176. The zero-order valence-corrected chi connectivity index (χ0v) is 16.5. The van der Waals surface area contributed by atoms with E-state index in [-0.39, 0.29) is 12.7 Å². The highest BCUT2D eigenvalue weighted by Crippen LogP contribution is 2.14. The molecule has 0 aliphatic carbocycles. The van der Waals surface area contributed by atoms with Crippen molar-refractivity contribution in [2.24, 2.45) is 0 Å². The van der Waals surface area contributed by atoms with Crippen LogP contribution in [0, 0.1) is 0 Å². The maximum absolute atomic E-state index is 11.9. The molecule has 0 saturated heterocycles. The summed E-state index contributed by atoms with van der Waals surface area (Å²) < 4.78 is 0. The van der Waals surface area contributed by atoms with Crippen molar-refractivity contribution < 1.29 is 35.1 Å². The SMILES string of the molecule is CCCCCCCCCCCCCC(=O)C(O)[C@@H](O)[C@@H](O)[C@H](O)[C@@H](O)C=O. The summed E-state index contributed by atoms with van der Waals surface area (Å²) in [5.74, 6) is -0.634. The molecule has 0 spiro atoms. The Morgan fingerprint density at radius 3 is 1.59 bits per heavy atom. The summed E-state index contributed by atoms with van der Waals surface area (Å²) >= 11 is 0. The summed E-state index contributed by atoms with van der Waals surface area (Å²) in [7, 11) is 0. The van der Waals surface area contributed by atoms with Crippen LogP contribution in [-0.4, -0.2) is 68.1 Å². The van der Waals surface area contributed by atoms with Gasteiger partial charge in [0.1, 0.15) is 30.5 Å². The minimum atomic E-state index is -2.00. The van der Waals surface area contributed by atoms with Crippen LogP contribution in [0.5, 0.6) is 0 Å². The number of unbranched alkanes of at least 4 members (excludes halogenated alkanes) is 10. The Balaban J connectivity index is 3.84. The smallest absolute Gasteiger partial charge is 0.164 e. The van der Waals surface area contributed by atoms with Crippen LogP contribution in [0.3, 0.4) is 0 Å². The molecule has 0 fully saturated rings. The van der Waals surface area contributed by atoms with Crippen molar-refractivity contribution in [1.82, 2.24) is 0 Å². The van der Waals surface area contributed by atoms with Crippen molar-refractivity contribution in [3.8, 4) is 0 Å². The van der Waals surface area contributed by atoms with E-state index in [0.29, 0.717) is 6.42 Å². The number of carbonyl (C=O) groups is 2. The van der Waals surface area contributed by atoms with E-state index in [1.54, 1.807) is 0 Å². The molecule has 0 amide bonds. The normalized spacial score (nSPS) is 17.1. The fraction of sp³-hybridized carbons (Fsp3) is 0.900. The lowest BCUT2D eigenvalue weighted by Gasteiger charge is -2.26. The molecular weight excluding hydrogens is 352 g/mol. The number of Topliss-reactive ketones (excluding diaryl/α,β-unsaturated/α-hetero) is 1. The van der Waals surface area contributed by atoms with E-state index in [4.69, 9.17) is 5.11 Å². The molecule has 0 aliphatic heterocycles.